The van der Waals surface area contributed by atoms with Gasteiger partial charge in [-0.05, 0) is 13.0 Å². The molecule has 0 aliphatic carbocycles. The average molecular weight is 192 g/mol. The standard InChI is InChI=1S/C9H12N4O/c10-9(14)7-4-12-5-13-8(7)6-1-2-11-3-6/h4-6,11H,1-3H2,(H2,10,14). The van der Waals surface area contributed by atoms with Gasteiger partial charge in [-0.2, -0.15) is 0 Å². The lowest BCUT2D eigenvalue weighted by Gasteiger charge is -2.09. The number of amides is 1. The number of nitrogens with zero attached hydrogens (tertiary/aromatic N) is 2. The molecule has 0 bridgehead atoms. The van der Waals surface area contributed by atoms with E-state index in [1.165, 1.54) is 12.5 Å². The van der Waals surface area contributed by atoms with Gasteiger partial charge in [-0.1, -0.05) is 0 Å². The fourth-order valence-electron chi connectivity index (χ4n) is 1.74. The van der Waals surface area contributed by atoms with Gasteiger partial charge in [0.15, 0.2) is 0 Å². The van der Waals surface area contributed by atoms with E-state index in [2.05, 4.69) is 15.3 Å². The van der Waals surface area contributed by atoms with Crippen LogP contribution in [0.4, 0.5) is 0 Å². The molecule has 2 heterocycles. The second kappa shape index (κ2) is 3.71. The van der Waals surface area contributed by atoms with Crippen molar-refractivity contribution in [2.75, 3.05) is 13.1 Å². The molecular weight excluding hydrogens is 180 g/mol. The molecule has 1 unspecified atom stereocenters. The SMILES string of the molecule is NC(=O)c1cncnc1C1CCNC1. The molecule has 0 aromatic carbocycles. The highest BCUT2D eigenvalue weighted by Gasteiger charge is 2.22. The monoisotopic (exact) mass is 192 g/mol. The Morgan fingerprint density at radius 3 is 3.14 bits per heavy atom. The van der Waals surface area contributed by atoms with E-state index >= 15 is 0 Å². The van der Waals surface area contributed by atoms with Crippen molar-refractivity contribution in [1.29, 1.82) is 0 Å². The van der Waals surface area contributed by atoms with E-state index in [0.29, 0.717) is 11.5 Å². The molecule has 1 aromatic rings. The third-order valence-corrected chi connectivity index (χ3v) is 2.46. The zero-order valence-corrected chi connectivity index (χ0v) is 7.73. The highest BCUT2D eigenvalue weighted by molar-refractivity contribution is 5.93. The first-order valence-corrected chi connectivity index (χ1v) is 4.59. The molecule has 1 atom stereocenters. The Bertz CT molecular complexity index is 346. The molecule has 1 fully saturated rings. The minimum atomic E-state index is -0.451. The number of rotatable bonds is 2. The van der Waals surface area contributed by atoms with Crippen LogP contribution < -0.4 is 11.1 Å². The maximum absolute atomic E-state index is 11.1. The maximum atomic E-state index is 11.1. The Hall–Kier alpha value is -1.49. The Labute approximate surface area is 81.7 Å². The Kier molecular flexibility index (Phi) is 2.41. The topological polar surface area (TPSA) is 80.9 Å². The summed E-state index contributed by atoms with van der Waals surface area (Å²) in [4.78, 5) is 19.0. The average Bonchev–Trinajstić information content (AvgIpc) is 2.70. The second-order valence-electron chi connectivity index (χ2n) is 3.38. The van der Waals surface area contributed by atoms with Gasteiger partial charge in [-0.15, -0.1) is 0 Å². The molecule has 1 aromatic heterocycles. The van der Waals surface area contributed by atoms with Crippen LogP contribution in [-0.4, -0.2) is 29.0 Å². The number of hydrogen-bond acceptors (Lipinski definition) is 4. The van der Waals surface area contributed by atoms with Crippen molar-refractivity contribution < 1.29 is 4.79 Å². The lowest BCUT2D eigenvalue weighted by atomic mass is 10.0. The van der Waals surface area contributed by atoms with Crippen molar-refractivity contribution in [3.63, 3.8) is 0 Å². The van der Waals surface area contributed by atoms with E-state index in [4.69, 9.17) is 5.73 Å². The molecule has 3 N–H and O–H groups in total. The molecule has 0 radical (unpaired) electrons. The third kappa shape index (κ3) is 1.58. The molecule has 1 aliphatic rings. The molecule has 2 rings (SSSR count). The van der Waals surface area contributed by atoms with Crippen LogP contribution in [0.5, 0.6) is 0 Å². The van der Waals surface area contributed by atoms with Crippen molar-refractivity contribution in [3.05, 3.63) is 23.8 Å². The van der Waals surface area contributed by atoms with Gasteiger partial charge in [0, 0.05) is 18.7 Å². The van der Waals surface area contributed by atoms with Crippen molar-refractivity contribution in [1.82, 2.24) is 15.3 Å². The number of carbonyl (C=O) groups is 1. The van der Waals surface area contributed by atoms with Crippen LogP contribution in [0, 0.1) is 0 Å². The summed E-state index contributed by atoms with van der Waals surface area (Å²) in [6.45, 7) is 1.82. The van der Waals surface area contributed by atoms with E-state index < -0.39 is 5.91 Å². The van der Waals surface area contributed by atoms with E-state index in [1.54, 1.807) is 0 Å². The second-order valence-corrected chi connectivity index (χ2v) is 3.38. The Morgan fingerprint density at radius 2 is 2.50 bits per heavy atom. The van der Waals surface area contributed by atoms with Crippen LogP contribution in [0.1, 0.15) is 28.4 Å². The number of primary amides is 1. The summed E-state index contributed by atoms with van der Waals surface area (Å²) in [6, 6.07) is 0. The maximum Gasteiger partial charge on any atom is 0.252 e. The summed E-state index contributed by atoms with van der Waals surface area (Å²) in [5, 5.41) is 3.22. The predicted molar refractivity (Wildman–Crippen MR) is 50.8 cm³/mol. The number of carbonyl (C=O) groups excluding carboxylic acids is 1. The van der Waals surface area contributed by atoms with Crippen LogP contribution in [0.3, 0.4) is 0 Å². The summed E-state index contributed by atoms with van der Waals surface area (Å²) < 4.78 is 0. The molecule has 5 heteroatoms. The van der Waals surface area contributed by atoms with Gasteiger partial charge in [-0.25, -0.2) is 9.97 Å². The Balaban J connectivity index is 2.35. The molecule has 0 spiro atoms. The van der Waals surface area contributed by atoms with E-state index in [1.807, 2.05) is 0 Å². The lowest BCUT2D eigenvalue weighted by Crippen LogP contribution is -2.18. The first-order valence-electron chi connectivity index (χ1n) is 4.59. The fourth-order valence-corrected chi connectivity index (χ4v) is 1.74. The number of nitrogens with one attached hydrogen (secondary N) is 1. The molecule has 14 heavy (non-hydrogen) atoms. The van der Waals surface area contributed by atoms with E-state index in [-0.39, 0.29) is 0 Å². The predicted octanol–water partition coefficient (Wildman–Crippen LogP) is -0.348. The van der Waals surface area contributed by atoms with Crippen molar-refractivity contribution in [2.24, 2.45) is 5.73 Å². The normalized spacial score (nSPS) is 21.0. The van der Waals surface area contributed by atoms with Gasteiger partial charge < -0.3 is 11.1 Å². The molecule has 1 saturated heterocycles. The highest BCUT2D eigenvalue weighted by atomic mass is 16.1. The van der Waals surface area contributed by atoms with Gasteiger partial charge in [0.2, 0.25) is 0 Å². The van der Waals surface area contributed by atoms with E-state index in [9.17, 15) is 4.79 Å². The molecule has 1 aliphatic heterocycles. The van der Waals surface area contributed by atoms with Crippen LogP contribution in [0.15, 0.2) is 12.5 Å². The zero-order chi connectivity index (χ0) is 9.97. The molecule has 1 amide bonds. The van der Waals surface area contributed by atoms with Gasteiger partial charge in [0.25, 0.3) is 5.91 Å². The van der Waals surface area contributed by atoms with Crippen LogP contribution in [-0.2, 0) is 0 Å². The smallest absolute Gasteiger partial charge is 0.252 e. The first kappa shape index (κ1) is 9.08. The van der Waals surface area contributed by atoms with Gasteiger partial charge in [0.1, 0.15) is 6.33 Å². The lowest BCUT2D eigenvalue weighted by molar-refractivity contribution is 0.0998. The molecule has 74 valence electrons. The minimum Gasteiger partial charge on any atom is -0.365 e. The summed E-state index contributed by atoms with van der Waals surface area (Å²) >= 11 is 0. The largest absolute Gasteiger partial charge is 0.365 e. The van der Waals surface area contributed by atoms with Crippen LogP contribution in [0.25, 0.3) is 0 Å². The van der Waals surface area contributed by atoms with Gasteiger partial charge in [-0.3, -0.25) is 4.79 Å². The molecule has 0 saturated carbocycles. The van der Waals surface area contributed by atoms with Crippen molar-refractivity contribution in [3.8, 4) is 0 Å². The van der Waals surface area contributed by atoms with Crippen molar-refractivity contribution >= 4 is 5.91 Å². The van der Waals surface area contributed by atoms with Gasteiger partial charge in [0.05, 0.1) is 11.3 Å². The number of aromatic nitrogens is 2. The van der Waals surface area contributed by atoms with Crippen LogP contribution >= 0.6 is 0 Å². The highest BCUT2D eigenvalue weighted by Crippen LogP contribution is 2.22. The van der Waals surface area contributed by atoms with Gasteiger partial charge >= 0.3 is 0 Å². The first-order chi connectivity index (χ1) is 6.79. The Morgan fingerprint density at radius 1 is 1.64 bits per heavy atom. The third-order valence-electron chi connectivity index (χ3n) is 2.46. The minimum absolute atomic E-state index is 0.292. The van der Waals surface area contributed by atoms with Crippen molar-refractivity contribution in [2.45, 2.75) is 12.3 Å². The quantitative estimate of drug-likeness (QED) is 0.671. The number of hydrogen-bond donors (Lipinski definition) is 2. The summed E-state index contributed by atoms with van der Waals surface area (Å²) in [6.07, 6.45) is 3.94. The zero-order valence-electron chi connectivity index (χ0n) is 7.73. The molecular formula is C9H12N4O. The fraction of sp³-hybridized carbons (Fsp3) is 0.444. The number of nitrogens with two attached hydrogens (primary N) is 1. The summed E-state index contributed by atoms with van der Waals surface area (Å²) in [5.41, 5.74) is 6.46. The molecule has 5 nitrogen and oxygen atoms in total. The summed E-state index contributed by atoms with van der Waals surface area (Å²) in [7, 11) is 0. The van der Waals surface area contributed by atoms with E-state index in [0.717, 1.165) is 25.2 Å². The summed E-state index contributed by atoms with van der Waals surface area (Å²) in [5.74, 6) is -0.159. The van der Waals surface area contributed by atoms with Crippen LogP contribution in [0.2, 0.25) is 0 Å².